The lowest BCUT2D eigenvalue weighted by atomic mass is 10.0. The molecule has 3 unspecified atom stereocenters. The summed E-state index contributed by atoms with van der Waals surface area (Å²) in [4.78, 5) is 17.0. The van der Waals surface area contributed by atoms with Gasteiger partial charge in [-0.1, -0.05) is 26.2 Å². The Morgan fingerprint density at radius 1 is 1.35 bits per heavy atom. The Hall–Kier alpha value is -0.610. The summed E-state index contributed by atoms with van der Waals surface area (Å²) < 4.78 is 0. The standard InChI is InChI=1S/C16H31N3O/c1-5-8-14-16(20)19(11-12(2)18(3)4)15(17-14)13-9-6-7-10-13/h12-15,17H,5-11H2,1-4H3. The van der Waals surface area contributed by atoms with Gasteiger partial charge in [-0.15, -0.1) is 0 Å². The molecule has 0 aromatic carbocycles. The molecule has 0 radical (unpaired) electrons. The van der Waals surface area contributed by atoms with Gasteiger partial charge in [-0.3, -0.25) is 10.1 Å². The number of carbonyl (C=O) groups is 1. The van der Waals surface area contributed by atoms with Crippen molar-refractivity contribution < 1.29 is 4.79 Å². The van der Waals surface area contributed by atoms with Crippen LogP contribution in [0.15, 0.2) is 0 Å². The Balaban J connectivity index is 2.07. The number of nitrogens with zero attached hydrogens (tertiary/aromatic N) is 2. The molecule has 1 saturated carbocycles. The lowest BCUT2D eigenvalue weighted by Crippen LogP contribution is -2.47. The molecule has 2 fully saturated rings. The lowest BCUT2D eigenvalue weighted by Gasteiger charge is -2.33. The second kappa shape index (κ2) is 6.90. The van der Waals surface area contributed by atoms with Gasteiger partial charge in [0.15, 0.2) is 0 Å². The molecule has 1 amide bonds. The highest BCUT2D eigenvalue weighted by atomic mass is 16.2. The van der Waals surface area contributed by atoms with Crippen molar-refractivity contribution in [3.05, 3.63) is 0 Å². The first-order valence-corrected chi connectivity index (χ1v) is 8.27. The van der Waals surface area contributed by atoms with E-state index in [2.05, 4.69) is 43.1 Å². The number of carbonyl (C=O) groups excluding carboxylic acids is 1. The average Bonchev–Trinajstić information content (AvgIpc) is 3.02. The molecule has 4 heteroatoms. The van der Waals surface area contributed by atoms with Crippen molar-refractivity contribution in [2.75, 3.05) is 20.6 Å². The predicted octanol–water partition coefficient (Wildman–Crippen LogP) is 2.05. The minimum absolute atomic E-state index is 0.0555. The van der Waals surface area contributed by atoms with Crippen LogP contribution in [0.4, 0.5) is 0 Å². The predicted molar refractivity (Wildman–Crippen MR) is 82.4 cm³/mol. The first-order valence-electron chi connectivity index (χ1n) is 8.27. The van der Waals surface area contributed by atoms with Gasteiger partial charge in [-0.25, -0.2) is 0 Å². The Morgan fingerprint density at radius 2 is 2.00 bits per heavy atom. The zero-order valence-corrected chi connectivity index (χ0v) is 13.6. The average molecular weight is 281 g/mol. The monoisotopic (exact) mass is 281 g/mol. The molecule has 1 aliphatic heterocycles. The summed E-state index contributed by atoms with van der Waals surface area (Å²) in [6.45, 7) is 5.21. The van der Waals surface area contributed by atoms with E-state index in [4.69, 9.17) is 0 Å². The molecule has 1 aliphatic carbocycles. The van der Waals surface area contributed by atoms with Crippen molar-refractivity contribution >= 4 is 5.91 Å². The fourth-order valence-electron chi connectivity index (χ4n) is 3.52. The number of amides is 1. The number of hydrogen-bond donors (Lipinski definition) is 1. The Morgan fingerprint density at radius 3 is 2.55 bits per heavy atom. The molecule has 0 aromatic rings. The molecule has 116 valence electrons. The third-order valence-corrected chi connectivity index (χ3v) is 5.06. The Labute approximate surface area is 123 Å². The maximum Gasteiger partial charge on any atom is 0.241 e. The second-order valence-corrected chi connectivity index (χ2v) is 6.80. The van der Waals surface area contributed by atoms with Gasteiger partial charge in [-0.2, -0.15) is 0 Å². The van der Waals surface area contributed by atoms with Crippen LogP contribution in [0.3, 0.4) is 0 Å². The molecule has 0 bridgehead atoms. The van der Waals surface area contributed by atoms with Gasteiger partial charge in [0.05, 0.1) is 12.2 Å². The van der Waals surface area contributed by atoms with Gasteiger partial charge in [0, 0.05) is 12.6 Å². The number of likely N-dealkylation sites (N-methyl/N-ethyl adjacent to an activating group) is 1. The van der Waals surface area contributed by atoms with Crippen molar-refractivity contribution in [2.45, 2.75) is 70.6 Å². The van der Waals surface area contributed by atoms with Crippen LogP contribution in [-0.4, -0.2) is 54.6 Å². The largest absolute Gasteiger partial charge is 0.324 e. The van der Waals surface area contributed by atoms with Gasteiger partial charge >= 0.3 is 0 Å². The van der Waals surface area contributed by atoms with Gasteiger partial charge in [0.1, 0.15) is 0 Å². The van der Waals surface area contributed by atoms with E-state index in [1.807, 2.05) is 0 Å². The van der Waals surface area contributed by atoms with Crippen LogP contribution in [0.1, 0.15) is 52.4 Å². The Kier molecular flexibility index (Phi) is 5.44. The normalized spacial score (nSPS) is 29.6. The minimum atomic E-state index is 0.0555. The van der Waals surface area contributed by atoms with Crippen LogP contribution >= 0.6 is 0 Å². The van der Waals surface area contributed by atoms with Crippen LogP contribution in [0.25, 0.3) is 0 Å². The lowest BCUT2D eigenvalue weighted by molar-refractivity contribution is -0.131. The molecule has 2 aliphatic rings. The number of nitrogens with one attached hydrogen (secondary N) is 1. The molecule has 4 nitrogen and oxygen atoms in total. The maximum atomic E-state index is 12.7. The highest BCUT2D eigenvalue weighted by Crippen LogP contribution is 2.32. The van der Waals surface area contributed by atoms with Crippen LogP contribution in [0.2, 0.25) is 0 Å². The quantitative estimate of drug-likeness (QED) is 0.809. The van der Waals surface area contributed by atoms with Crippen LogP contribution < -0.4 is 5.32 Å². The molecule has 0 aromatic heterocycles. The summed E-state index contributed by atoms with van der Waals surface area (Å²) in [6.07, 6.45) is 7.52. The molecule has 0 spiro atoms. The molecule has 3 atom stereocenters. The van der Waals surface area contributed by atoms with Gasteiger partial charge < -0.3 is 9.80 Å². The van der Waals surface area contributed by atoms with E-state index < -0.39 is 0 Å². The summed E-state index contributed by atoms with van der Waals surface area (Å²) in [5.41, 5.74) is 0. The van der Waals surface area contributed by atoms with Gasteiger partial charge in [0.2, 0.25) is 5.91 Å². The molecular weight excluding hydrogens is 250 g/mol. The van der Waals surface area contributed by atoms with Gasteiger partial charge in [0.25, 0.3) is 0 Å². The summed E-state index contributed by atoms with van der Waals surface area (Å²) in [5.74, 6) is 0.993. The third-order valence-electron chi connectivity index (χ3n) is 5.06. The molecule has 2 rings (SSSR count). The van der Waals surface area contributed by atoms with Crippen molar-refractivity contribution in [1.82, 2.24) is 15.1 Å². The van der Waals surface area contributed by atoms with Crippen LogP contribution in [0.5, 0.6) is 0 Å². The van der Waals surface area contributed by atoms with Crippen molar-refractivity contribution in [2.24, 2.45) is 5.92 Å². The molecule has 1 heterocycles. The summed E-state index contributed by atoms with van der Waals surface area (Å²) in [5, 5.41) is 3.64. The van der Waals surface area contributed by atoms with Crippen LogP contribution in [0, 0.1) is 5.92 Å². The smallest absolute Gasteiger partial charge is 0.241 e. The third kappa shape index (κ3) is 3.34. The first-order chi connectivity index (χ1) is 9.54. The Bertz CT molecular complexity index is 326. The van der Waals surface area contributed by atoms with Crippen LogP contribution in [-0.2, 0) is 4.79 Å². The highest BCUT2D eigenvalue weighted by Gasteiger charge is 2.43. The van der Waals surface area contributed by atoms with Crippen molar-refractivity contribution in [1.29, 1.82) is 0 Å². The zero-order chi connectivity index (χ0) is 14.7. The van der Waals surface area contributed by atoms with E-state index >= 15 is 0 Å². The SMILES string of the molecule is CCCC1NC(C2CCCC2)N(CC(C)N(C)C)C1=O. The minimum Gasteiger partial charge on any atom is -0.324 e. The van der Waals surface area contributed by atoms with E-state index in [0.29, 0.717) is 17.9 Å². The maximum absolute atomic E-state index is 12.7. The van der Waals surface area contributed by atoms with E-state index in [9.17, 15) is 4.79 Å². The van der Waals surface area contributed by atoms with Gasteiger partial charge in [-0.05, 0) is 46.2 Å². The summed E-state index contributed by atoms with van der Waals surface area (Å²) in [7, 11) is 4.18. The fourth-order valence-corrected chi connectivity index (χ4v) is 3.52. The van der Waals surface area contributed by atoms with Crippen molar-refractivity contribution in [3.63, 3.8) is 0 Å². The zero-order valence-electron chi connectivity index (χ0n) is 13.6. The number of rotatable bonds is 6. The molecule has 20 heavy (non-hydrogen) atoms. The molecular formula is C16H31N3O. The molecule has 1 N–H and O–H groups in total. The number of hydrogen-bond acceptors (Lipinski definition) is 3. The topological polar surface area (TPSA) is 35.6 Å². The van der Waals surface area contributed by atoms with E-state index in [1.54, 1.807) is 0 Å². The highest BCUT2D eigenvalue weighted by molar-refractivity contribution is 5.84. The first kappa shape index (κ1) is 15.8. The van der Waals surface area contributed by atoms with E-state index in [1.165, 1.54) is 25.7 Å². The second-order valence-electron chi connectivity index (χ2n) is 6.80. The fraction of sp³-hybridized carbons (Fsp3) is 0.938. The summed E-state index contributed by atoms with van der Waals surface area (Å²) >= 11 is 0. The van der Waals surface area contributed by atoms with E-state index in [-0.39, 0.29) is 12.2 Å². The van der Waals surface area contributed by atoms with E-state index in [0.717, 1.165) is 19.4 Å². The summed E-state index contributed by atoms with van der Waals surface area (Å²) in [6, 6.07) is 0.463. The van der Waals surface area contributed by atoms with Crippen molar-refractivity contribution in [3.8, 4) is 0 Å². The molecule has 1 saturated heterocycles.